The van der Waals surface area contributed by atoms with E-state index in [-0.39, 0.29) is 0 Å². The standard InChI is InChI=1S/C15H22IN/c1-17-15(12-7-4-2-3-5-8-12)13-9-6-10-14(16)11-13/h6,9-12,15,17H,2-5,7-8H2,1H3. The van der Waals surface area contributed by atoms with Gasteiger partial charge < -0.3 is 5.32 Å². The van der Waals surface area contributed by atoms with Gasteiger partial charge >= 0.3 is 0 Å². The molecule has 1 N–H and O–H groups in total. The van der Waals surface area contributed by atoms with Crippen molar-refractivity contribution in [2.24, 2.45) is 5.92 Å². The van der Waals surface area contributed by atoms with Gasteiger partial charge in [-0.15, -0.1) is 0 Å². The number of hydrogen-bond donors (Lipinski definition) is 1. The zero-order valence-corrected chi connectivity index (χ0v) is 12.7. The van der Waals surface area contributed by atoms with Gasteiger partial charge in [-0.25, -0.2) is 0 Å². The third kappa shape index (κ3) is 3.68. The summed E-state index contributed by atoms with van der Waals surface area (Å²) in [6, 6.07) is 9.49. The van der Waals surface area contributed by atoms with Crippen LogP contribution >= 0.6 is 22.6 Å². The van der Waals surface area contributed by atoms with Gasteiger partial charge in [0.15, 0.2) is 0 Å². The van der Waals surface area contributed by atoms with Crippen LogP contribution in [0.15, 0.2) is 24.3 Å². The van der Waals surface area contributed by atoms with Crippen molar-refractivity contribution in [2.75, 3.05) is 7.05 Å². The van der Waals surface area contributed by atoms with E-state index in [2.05, 4.69) is 59.2 Å². The molecular weight excluding hydrogens is 321 g/mol. The molecule has 0 radical (unpaired) electrons. The summed E-state index contributed by atoms with van der Waals surface area (Å²) >= 11 is 2.41. The Hall–Kier alpha value is -0.0900. The highest BCUT2D eigenvalue weighted by atomic mass is 127. The number of benzene rings is 1. The zero-order chi connectivity index (χ0) is 12.1. The minimum Gasteiger partial charge on any atom is -0.313 e. The first-order chi connectivity index (χ1) is 8.31. The first-order valence-corrected chi connectivity index (χ1v) is 7.82. The number of halogens is 1. The van der Waals surface area contributed by atoms with Crippen LogP contribution in [0, 0.1) is 9.49 Å². The van der Waals surface area contributed by atoms with E-state index in [0.29, 0.717) is 6.04 Å². The van der Waals surface area contributed by atoms with Crippen molar-refractivity contribution >= 4 is 22.6 Å². The molecule has 1 nitrogen and oxygen atoms in total. The van der Waals surface area contributed by atoms with Crippen molar-refractivity contribution in [3.8, 4) is 0 Å². The molecule has 1 aromatic carbocycles. The second-order valence-electron chi connectivity index (χ2n) is 5.07. The van der Waals surface area contributed by atoms with Crippen LogP contribution in [0.5, 0.6) is 0 Å². The summed E-state index contributed by atoms with van der Waals surface area (Å²) in [5.74, 6) is 0.820. The van der Waals surface area contributed by atoms with Crippen LogP contribution in [0.4, 0.5) is 0 Å². The van der Waals surface area contributed by atoms with Gasteiger partial charge in [0.05, 0.1) is 0 Å². The molecule has 0 aromatic heterocycles. The number of rotatable bonds is 3. The topological polar surface area (TPSA) is 12.0 Å². The minimum absolute atomic E-state index is 0.544. The SMILES string of the molecule is CNC(c1cccc(I)c1)C1CCCCCC1. The maximum atomic E-state index is 3.54. The molecule has 17 heavy (non-hydrogen) atoms. The first kappa shape index (κ1) is 13.3. The fourth-order valence-electron chi connectivity index (χ4n) is 3.02. The number of nitrogens with one attached hydrogen (secondary N) is 1. The lowest BCUT2D eigenvalue weighted by Crippen LogP contribution is -2.25. The maximum absolute atomic E-state index is 3.54. The normalized spacial score (nSPS) is 19.9. The van der Waals surface area contributed by atoms with Crippen molar-refractivity contribution in [2.45, 2.75) is 44.6 Å². The van der Waals surface area contributed by atoms with Crippen LogP contribution in [-0.4, -0.2) is 7.05 Å². The fourth-order valence-corrected chi connectivity index (χ4v) is 3.59. The molecule has 0 aliphatic heterocycles. The predicted molar refractivity (Wildman–Crippen MR) is 82.2 cm³/mol. The van der Waals surface area contributed by atoms with E-state index in [4.69, 9.17) is 0 Å². The van der Waals surface area contributed by atoms with Crippen LogP contribution in [-0.2, 0) is 0 Å². The Morgan fingerprint density at radius 2 is 1.88 bits per heavy atom. The molecule has 1 atom stereocenters. The van der Waals surface area contributed by atoms with E-state index in [9.17, 15) is 0 Å². The Labute approximate surface area is 119 Å². The Morgan fingerprint density at radius 1 is 1.18 bits per heavy atom. The third-order valence-corrected chi connectivity index (χ3v) is 4.56. The molecule has 0 amide bonds. The largest absolute Gasteiger partial charge is 0.313 e. The summed E-state index contributed by atoms with van der Waals surface area (Å²) in [6.45, 7) is 0. The molecule has 0 saturated heterocycles. The van der Waals surface area contributed by atoms with Gasteiger partial charge in [-0.2, -0.15) is 0 Å². The average Bonchev–Trinajstić information content (AvgIpc) is 2.59. The smallest absolute Gasteiger partial charge is 0.0346 e. The van der Waals surface area contributed by atoms with Gasteiger partial charge in [-0.1, -0.05) is 37.8 Å². The van der Waals surface area contributed by atoms with Crippen LogP contribution in [0.3, 0.4) is 0 Å². The molecule has 1 fully saturated rings. The summed E-state index contributed by atoms with van der Waals surface area (Å²) in [7, 11) is 2.11. The van der Waals surface area contributed by atoms with E-state index in [1.807, 2.05) is 0 Å². The summed E-state index contributed by atoms with van der Waals surface area (Å²) in [5.41, 5.74) is 1.46. The average molecular weight is 343 g/mol. The Morgan fingerprint density at radius 3 is 2.47 bits per heavy atom. The molecule has 1 aliphatic carbocycles. The van der Waals surface area contributed by atoms with E-state index in [0.717, 1.165) is 5.92 Å². The zero-order valence-electron chi connectivity index (χ0n) is 10.6. The number of hydrogen-bond acceptors (Lipinski definition) is 1. The van der Waals surface area contributed by atoms with Crippen LogP contribution in [0.25, 0.3) is 0 Å². The maximum Gasteiger partial charge on any atom is 0.0346 e. The van der Waals surface area contributed by atoms with Crippen molar-refractivity contribution in [3.63, 3.8) is 0 Å². The van der Waals surface area contributed by atoms with Gasteiger partial charge in [0, 0.05) is 9.61 Å². The molecule has 1 aromatic rings. The third-order valence-electron chi connectivity index (χ3n) is 3.89. The van der Waals surface area contributed by atoms with Crippen LogP contribution < -0.4 is 5.32 Å². The van der Waals surface area contributed by atoms with Crippen LogP contribution in [0.1, 0.15) is 50.1 Å². The van der Waals surface area contributed by atoms with Gasteiger partial charge in [-0.3, -0.25) is 0 Å². The van der Waals surface area contributed by atoms with Gasteiger partial charge in [0.25, 0.3) is 0 Å². The van der Waals surface area contributed by atoms with Crippen molar-refractivity contribution < 1.29 is 0 Å². The second kappa shape index (κ2) is 6.74. The van der Waals surface area contributed by atoms with E-state index < -0.39 is 0 Å². The van der Waals surface area contributed by atoms with Gasteiger partial charge in [-0.05, 0) is 66.1 Å². The van der Waals surface area contributed by atoms with Gasteiger partial charge in [0.2, 0.25) is 0 Å². The van der Waals surface area contributed by atoms with E-state index in [1.165, 1.54) is 47.7 Å². The fraction of sp³-hybridized carbons (Fsp3) is 0.600. The molecule has 94 valence electrons. The Bertz CT molecular complexity index is 343. The molecule has 2 rings (SSSR count). The highest BCUT2D eigenvalue weighted by Crippen LogP contribution is 2.33. The summed E-state index contributed by atoms with van der Waals surface area (Å²) in [5, 5.41) is 3.54. The van der Waals surface area contributed by atoms with Crippen molar-refractivity contribution in [3.05, 3.63) is 33.4 Å². The molecule has 1 saturated carbocycles. The summed E-state index contributed by atoms with van der Waals surface area (Å²) in [6.07, 6.45) is 8.45. The highest BCUT2D eigenvalue weighted by molar-refractivity contribution is 14.1. The second-order valence-corrected chi connectivity index (χ2v) is 6.32. The predicted octanol–water partition coefficient (Wildman–Crippen LogP) is 4.52. The molecule has 0 bridgehead atoms. The van der Waals surface area contributed by atoms with E-state index in [1.54, 1.807) is 0 Å². The lowest BCUT2D eigenvalue weighted by atomic mass is 9.87. The summed E-state index contributed by atoms with van der Waals surface area (Å²) in [4.78, 5) is 0. The minimum atomic E-state index is 0.544. The highest BCUT2D eigenvalue weighted by Gasteiger charge is 2.22. The van der Waals surface area contributed by atoms with Crippen LogP contribution in [0.2, 0.25) is 0 Å². The molecule has 0 heterocycles. The molecule has 1 aliphatic rings. The Balaban J connectivity index is 2.14. The summed E-state index contributed by atoms with van der Waals surface area (Å²) < 4.78 is 1.34. The Kier molecular flexibility index (Phi) is 5.29. The lowest BCUT2D eigenvalue weighted by molar-refractivity contribution is 0.341. The first-order valence-electron chi connectivity index (χ1n) is 6.74. The monoisotopic (exact) mass is 343 g/mol. The quantitative estimate of drug-likeness (QED) is 0.628. The van der Waals surface area contributed by atoms with Crippen molar-refractivity contribution in [1.82, 2.24) is 5.32 Å². The van der Waals surface area contributed by atoms with Crippen molar-refractivity contribution in [1.29, 1.82) is 0 Å². The van der Waals surface area contributed by atoms with E-state index >= 15 is 0 Å². The molecule has 1 unspecified atom stereocenters. The lowest BCUT2D eigenvalue weighted by Gasteiger charge is -2.26. The molecular formula is C15H22IN. The molecule has 2 heteroatoms. The van der Waals surface area contributed by atoms with Gasteiger partial charge in [0.1, 0.15) is 0 Å². The molecule has 0 spiro atoms.